The average molecular weight is 238 g/mol. The first-order chi connectivity index (χ1) is 7.28. The van der Waals surface area contributed by atoms with E-state index in [0.29, 0.717) is 0 Å². The van der Waals surface area contributed by atoms with Gasteiger partial charge < -0.3 is 4.74 Å². The van der Waals surface area contributed by atoms with Gasteiger partial charge in [-0.2, -0.15) is 22.0 Å². The molecule has 0 spiro atoms. The lowest BCUT2D eigenvalue weighted by atomic mass is 10.1. The van der Waals surface area contributed by atoms with Crippen LogP contribution in [0.3, 0.4) is 0 Å². The second-order valence-corrected chi connectivity index (χ2v) is 2.93. The SMILES string of the molecule is [CH]Cc1ccccc1OC(F)(F)C(F)(F)F. The van der Waals surface area contributed by atoms with E-state index in [1.807, 2.05) is 0 Å². The highest BCUT2D eigenvalue weighted by Crippen LogP contribution is 2.38. The van der Waals surface area contributed by atoms with Crippen LogP contribution in [0.4, 0.5) is 22.0 Å². The first-order valence-corrected chi connectivity index (χ1v) is 4.19. The van der Waals surface area contributed by atoms with E-state index in [1.54, 1.807) is 0 Å². The van der Waals surface area contributed by atoms with E-state index in [0.717, 1.165) is 6.07 Å². The molecule has 0 aliphatic heterocycles. The second kappa shape index (κ2) is 4.27. The van der Waals surface area contributed by atoms with Gasteiger partial charge in [0.05, 0.1) is 0 Å². The summed E-state index contributed by atoms with van der Waals surface area (Å²) in [6, 6.07) is 5.05. The number of para-hydroxylation sites is 1. The lowest BCUT2D eigenvalue weighted by Gasteiger charge is -2.21. The number of hydrogen-bond acceptors (Lipinski definition) is 1. The lowest BCUT2D eigenvalue weighted by Crippen LogP contribution is -2.42. The summed E-state index contributed by atoms with van der Waals surface area (Å²) >= 11 is 0. The van der Waals surface area contributed by atoms with Crippen molar-refractivity contribution in [1.82, 2.24) is 0 Å². The van der Waals surface area contributed by atoms with E-state index in [4.69, 9.17) is 6.92 Å². The van der Waals surface area contributed by atoms with E-state index in [2.05, 4.69) is 4.74 Å². The number of benzene rings is 1. The molecule has 0 saturated heterocycles. The molecule has 0 bridgehead atoms. The highest BCUT2D eigenvalue weighted by Gasteiger charge is 2.61. The molecule has 0 N–H and O–H groups in total. The molecule has 0 atom stereocenters. The minimum Gasteiger partial charge on any atom is -0.425 e. The van der Waals surface area contributed by atoms with Crippen molar-refractivity contribution in [1.29, 1.82) is 0 Å². The van der Waals surface area contributed by atoms with Crippen LogP contribution in [0.2, 0.25) is 0 Å². The normalized spacial score (nSPS) is 12.6. The Morgan fingerprint density at radius 3 is 2.12 bits per heavy atom. The van der Waals surface area contributed by atoms with Crippen molar-refractivity contribution in [2.45, 2.75) is 18.7 Å². The predicted molar refractivity (Wildman–Crippen MR) is 46.1 cm³/mol. The van der Waals surface area contributed by atoms with Gasteiger partial charge in [0.1, 0.15) is 5.75 Å². The first kappa shape index (κ1) is 12.7. The Morgan fingerprint density at radius 1 is 1.06 bits per heavy atom. The van der Waals surface area contributed by atoms with Gasteiger partial charge in [0.15, 0.2) is 0 Å². The Morgan fingerprint density at radius 2 is 1.62 bits per heavy atom. The van der Waals surface area contributed by atoms with Gasteiger partial charge in [0.2, 0.25) is 0 Å². The number of halogens is 5. The van der Waals surface area contributed by atoms with Gasteiger partial charge in [0, 0.05) is 0 Å². The van der Waals surface area contributed by atoms with Gasteiger partial charge in [-0.1, -0.05) is 18.2 Å². The molecule has 2 radical (unpaired) electrons. The predicted octanol–water partition coefficient (Wildman–Crippen LogP) is 3.47. The molecule has 0 saturated carbocycles. The summed E-state index contributed by atoms with van der Waals surface area (Å²) in [5.74, 6) is -0.577. The Kier molecular flexibility index (Phi) is 3.40. The number of rotatable bonds is 3. The quantitative estimate of drug-likeness (QED) is 0.732. The summed E-state index contributed by atoms with van der Waals surface area (Å²) < 4.78 is 64.3. The van der Waals surface area contributed by atoms with Gasteiger partial charge >= 0.3 is 12.3 Å². The van der Waals surface area contributed by atoms with Crippen molar-refractivity contribution < 1.29 is 26.7 Å². The van der Waals surface area contributed by atoms with Crippen molar-refractivity contribution in [2.75, 3.05) is 0 Å². The summed E-state index contributed by atoms with van der Waals surface area (Å²) in [5, 5.41) is 0. The molecule has 6 heteroatoms. The van der Waals surface area contributed by atoms with Crippen LogP contribution in [-0.2, 0) is 6.42 Å². The Labute approximate surface area is 88.8 Å². The van der Waals surface area contributed by atoms with Crippen LogP contribution in [0.5, 0.6) is 5.75 Å². The molecule has 1 aromatic rings. The molecule has 0 aliphatic carbocycles. The lowest BCUT2D eigenvalue weighted by molar-refractivity contribution is -0.360. The van der Waals surface area contributed by atoms with E-state index in [1.165, 1.54) is 18.2 Å². The van der Waals surface area contributed by atoms with Crippen molar-refractivity contribution >= 4 is 0 Å². The maximum atomic E-state index is 12.5. The summed E-state index contributed by atoms with van der Waals surface area (Å²) in [6.07, 6.45) is -11.2. The van der Waals surface area contributed by atoms with Crippen LogP contribution in [0.25, 0.3) is 0 Å². The minimum atomic E-state index is -5.76. The second-order valence-electron chi connectivity index (χ2n) is 2.93. The van der Waals surface area contributed by atoms with Gasteiger partial charge in [-0.3, -0.25) is 0 Å². The average Bonchev–Trinajstić information content (AvgIpc) is 2.16. The molecule has 0 fully saturated rings. The van der Waals surface area contributed by atoms with Gasteiger partial charge in [-0.15, -0.1) is 0 Å². The molecule has 0 aliphatic rings. The fourth-order valence-electron chi connectivity index (χ4n) is 0.968. The third kappa shape index (κ3) is 2.62. The zero-order chi connectivity index (χ0) is 12.4. The topological polar surface area (TPSA) is 9.23 Å². The first-order valence-electron chi connectivity index (χ1n) is 4.19. The van der Waals surface area contributed by atoms with Gasteiger partial charge in [-0.25, -0.2) is 0 Å². The van der Waals surface area contributed by atoms with Crippen LogP contribution in [0.1, 0.15) is 5.56 Å². The number of alkyl halides is 5. The largest absolute Gasteiger partial charge is 0.499 e. The smallest absolute Gasteiger partial charge is 0.425 e. The van der Waals surface area contributed by atoms with E-state index in [9.17, 15) is 22.0 Å². The summed E-state index contributed by atoms with van der Waals surface area (Å²) in [4.78, 5) is 0. The molecular weight excluding hydrogens is 231 g/mol. The number of hydrogen-bond donors (Lipinski definition) is 0. The van der Waals surface area contributed by atoms with Crippen LogP contribution < -0.4 is 4.74 Å². The van der Waals surface area contributed by atoms with E-state index in [-0.39, 0.29) is 12.0 Å². The minimum absolute atomic E-state index is 0.0754. The molecule has 1 aromatic carbocycles. The summed E-state index contributed by atoms with van der Waals surface area (Å²) in [5.41, 5.74) is 0.0754. The molecule has 1 rings (SSSR count). The van der Waals surface area contributed by atoms with E-state index >= 15 is 0 Å². The third-order valence-electron chi connectivity index (χ3n) is 1.76. The van der Waals surface area contributed by atoms with Gasteiger partial charge in [-0.05, 0) is 25.0 Å². The zero-order valence-electron chi connectivity index (χ0n) is 7.89. The summed E-state index contributed by atoms with van der Waals surface area (Å²) in [7, 11) is 0. The van der Waals surface area contributed by atoms with Crippen LogP contribution >= 0.6 is 0 Å². The molecular formula is C10H7F5O. The molecule has 0 amide bonds. The maximum Gasteiger partial charge on any atom is 0.499 e. The molecule has 0 heterocycles. The fraction of sp³-hybridized carbons (Fsp3) is 0.300. The van der Waals surface area contributed by atoms with Crippen molar-refractivity contribution in [3.8, 4) is 5.75 Å². The fourth-order valence-corrected chi connectivity index (χ4v) is 0.968. The Bertz CT molecular complexity index is 358. The standard InChI is InChI=1S/C10H7F5O/c1-2-7-5-3-4-6-8(7)16-10(14,15)9(11,12)13/h1,3-6H,2H2. The van der Waals surface area contributed by atoms with Crippen LogP contribution in [0, 0.1) is 6.92 Å². The third-order valence-corrected chi connectivity index (χ3v) is 1.76. The molecule has 0 unspecified atom stereocenters. The Hall–Kier alpha value is -1.33. The van der Waals surface area contributed by atoms with Crippen LogP contribution in [-0.4, -0.2) is 12.3 Å². The highest BCUT2D eigenvalue weighted by atomic mass is 19.4. The van der Waals surface area contributed by atoms with Crippen molar-refractivity contribution in [3.63, 3.8) is 0 Å². The highest BCUT2D eigenvalue weighted by molar-refractivity contribution is 5.34. The molecule has 1 nitrogen and oxygen atoms in total. The molecule has 88 valence electrons. The summed E-state index contributed by atoms with van der Waals surface area (Å²) in [6.45, 7) is 5.17. The monoisotopic (exact) mass is 238 g/mol. The molecule has 0 aromatic heterocycles. The Balaban J connectivity index is 2.96. The van der Waals surface area contributed by atoms with Crippen LogP contribution in [0.15, 0.2) is 24.3 Å². The number of ether oxygens (including phenoxy) is 1. The van der Waals surface area contributed by atoms with Crippen molar-refractivity contribution in [2.24, 2.45) is 0 Å². The zero-order valence-corrected chi connectivity index (χ0v) is 7.89. The molecule has 16 heavy (non-hydrogen) atoms. The van der Waals surface area contributed by atoms with Gasteiger partial charge in [0.25, 0.3) is 0 Å². The van der Waals surface area contributed by atoms with E-state index < -0.39 is 18.0 Å². The maximum absolute atomic E-state index is 12.5. The van der Waals surface area contributed by atoms with Crippen molar-refractivity contribution in [3.05, 3.63) is 36.8 Å².